The predicted octanol–water partition coefficient (Wildman–Crippen LogP) is 1.03. The number of likely N-dealkylation sites (N-methyl/N-ethyl adjacent to an activating group) is 1. The maximum atomic E-state index is 5.14. The molecule has 1 aromatic rings. The van der Waals surface area contributed by atoms with E-state index in [1.54, 1.807) is 13.4 Å². The van der Waals surface area contributed by atoms with Crippen LogP contribution in [0.4, 0.5) is 0 Å². The van der Waals surface area contributed by atoms with Crippen molar-refractivity contribution in [3.05, 3.63) is 12.2 Å². The molecule has 0 radical (unpaired) electrons. The molecule has 92 valence electrons. The molecule has 0 saturated carbocycles. The molecule has 0 aliphatic rings. The standard InChI is InChI=1S/C11H22N4O/c1-9(2)15-11(13-8-14-15)6-5-10(12-3)7-16-4/h8-10,12H,5-7H2,1-4H3. The Morgan fingerprint density at radius 2 is 2.25 bits per heavy atom. The molecule has 0 aliphatic carbocycles. The number of hydrogen-bond donors (Lipinski definition) is 1. The zero-order chi connectivity index (χ0) is 12.0. The van der Waals surface area contributed by atoms with Gasteiger partial charge in [0, 0.05) is 25.6 Å². The van der Waals surface area contributed by atoms with Crippen LogP contribution in [0.2, 0.25) is 0 Å². The van der Waals surface area contributed by atoms with Gasteiger partial charge in [0.25, 0.3) is 0 Å². The molecule has 0 fully saturated rings. The maximum absolute atomic E-state index is 5.14. The van der Waals surface area contributed by atoms with Gasteiger partial charge in [-0.2, -0.15) is 5.10 Å². The lowest BCUT2D eigenvalue weighted by Gasteiger charge is -2.15. The highest BCUT2D eigenvalue weighted by atomic mass is 16.5. The number of methoxy groups -OCH3 is 1. The number of ether oxygens (including phenoxy) is 1. The molecule has 0 saturated heterocycles. The van der Waals surface area contributed by atoms with E-state index in [-0.39, 0.29) is 0 Å². The van der Waals surface area contributed by atoms with Gasteiger partial charge < -0.3 is 10.1 Å². The Kier molecular flexibility index (Phi) is 5.42. The summed E-state index contributed by atoms with van der Waals surface area (Å²) in [5.41, 5.74) is 0. The number of nitrogens with zero attached hydrogens (tertiary/aromatic N) is 3. The van der Waals surface area contributed by atoms with E-state index in [0.717, 1.165) is 25.3 Å². The first-order chi connectivity index (χ1) is 7.69. The maximum Gasteiger partial charge on any atom is 0.138 e. The Morgan fingerprint density at radius 1 is 1.50 bits per heavy atom. The van der Waals surface area contributed by atoms with Crippen molar-refractivity contribution in [3.8, 4) is 0 Å². The Labute approximate surface area is 97.2 Å². The zero-order valence-electron chi connectivity index (χ0n) is 10.6. The molecular formula is C11H22N4O. The SMILES string of the molecule is CNC(CCc1ncnn1C(C)C)COC. The lowest BCUT2D eigenvalue weighted by molar-refractivity contribution is 0.165. The highest BCUT2D eigenvalue weighted by Gasteiger charge is 2.11. The van der Waals surface area contributed by atoms with Crippen molar-refractivity contribution in [2.45, 2.75) is 38.8 Å². The summed E-state index contributed by atoms with van der Waals surface area (Å²) >= 11 is 0. The highest BCUT2D eigenvalue weighted by molar-refractivity contribution is 4.88. The number of nitrogens with one attached hydrogen (secondary N) is 1. The Bertz CT molecular complexity index is 298. The quantitative estimate of drug-likeness (QED) is 0.754. The van der Waals surface area contributed by atoms with E-state index < -0.39 is 0 Å². The molecule has 1 heterocycles. The first-order valence-electron chi connectivity index (χ1n) is 5.73. The predicted molar refractivity (Wildman–Crippen MR) is 63.5 cm³/mol. The summed E-state index contributed by atoms with van der Waals surface area (Å²) in [4.78, 5) is 4.29. The summed E-state index contributed by atoms with van der Waals surface area (Å²) in [5.74, 6) is 1.05. The molecule has 1 N–H and O–H groups in total. The van der Waals surface area contributed by atoms with Gasteiger partial charge in [-0.1, -0.05) is 0 Å². The Morgan fingerprint density at radius 3 is 2.81 bits per heavy atom. The van der Waals surface area contributed by atoms with Gasteiger partial charge in [0.05, 0.1) is 6.61 Å². The van der Waals surface area contributed by atoms with E-state index in [1.807, 2.05) is 11.7 Å². The van der Waals surface area contributed by atoms with E-state index in [1.165, 1.54) is 0 Å². The lowest BCUT2D eigenvalue weighted by atomic mass is 10.1. The van der Waals surface area contributed by atoms with E-state index in [4.69, 9.17) is 4.74 Å². The largest absolute Gasteiger partial charge is 0.383 e. The third kappa shape index (κ3) is 3.57. The second kappa shape index (κ2) is 6.60. The summed E-state index contributed by atoms with van der Waals surface area (Å²) in [6.45, 7) is 4.96. The van der Waals surface area contributed by atoms with Crippen molar-refractivity contribution in [3.63, 3.8) is 0 Å². The lowest BCUT2D eigenvalue weighted by Crippen LogP contribution is -2.30. The van der Waals surface area contributed by atoms with Gasteiger partial charge in [0.15, 0.2) is 0 Å². The zero-order valence-corrected chi connectivity index (χ0v) is 10.6. The Balaban J connectivity index is 2.49. The highest BCUT2D eigenvalue weighted by Crippen LogP contribution is 2.08. The topological polar surface area (TPSA) is 52.0 Å². The molecule has 1 unspecified atom stereocenters. The molecule has 16 heavy (non-hydrogen) atoms. The monoisotopic (exact) mass is 226 g/mol. The molecule has 1 atom stereocenters. The minimum absolute atomic E-state index is 0.368. The summed E-state index contributed by atoms with van der Waals surface area (Å²) < 4.78 is 7.11. The minimum atomic E-state index is 0.368. The smallest absolute Gasteiger partial charge is 0.138 e. The average molecular weight is 226 g/mol. The number of aryl methyl sites for hydroxylation is 1. The first-order valence-corrected chi connectivity index (χ1v) is 5.73. The van der Waals surface area contributed by atoms with Crippen molar-refractivity contribution in [2.24, 2.45) is 0 Å². The molecule has 0 spiro atoms. The van der Waals surface area contributed by atoms with Gasteiger partial charge in [-0.25, -0.2) is 9.67 Å². The third-order valence-electron chi connectivity index (χ3n) is 2.63. The van der Waals surface area contributed by atoms with Crippen LogP contribution in [0.1, 0.15) is 32.1 Å². The van der Waals surface area contributed by atoms with Crippen LogP contribution in [0.3, 0.4) is 0 Å². The van der Waals surface area contributed by atoms with E-state index in [2.05, 4.69) is 29.2 Å². The van der Waals surface area contributed by atoms with Crippen LogP contribution in [0, 0.1) is 0 Å². The molecule has 0 aromatic carbocycles. The summed E-state index contributed by atoms with van der Waals surface area (Å²) in [5, 5.41) is 7.45. The van der Waals surface area contributed by atoms with Gasteiger partial charge in [-0.15, -0.1) is 0 Å². The second-order valence-electron chi connectivity index (χ2n) is 4.19. The number of rotatable bonds is 7. The summed E-state index contributed by atoms with van der Waals surface area (Å²) in [6, 6.07) is 0.746. The van der Waals surface area contributed by atoms with Crippen LogP contribution in [0.25, 0.3) is 0 Å². The van der Waals surface area contributed by atoms with Crippen molar-refractivity contribution >= 4 is 0 Å². The van der Waals surface area contributed by atoms with E-state index in [9.17, 15) is 0 Å². The molecule has 5 nitrogen and oxygen atoms in total. The fraction of sp³-hybridized carbons (Fsp3) is 0.818. The molecule has 1 rings (SSSR count). The number of aromatic nitrogens is 3. The molecule has 0 amide bonds. The molecular weight excluding hydrogens is 204 g/mol. The second-order valence-corrected chi connectivity index (χ2v) is 4.19. The van der Waals surface area contributed by atoms with Crippen molar-refractivity contribution in [2.75, 3.05) is 20.8 Å². The van der Waals surface area contributed by atoms with Crippen molar-refractivity contribution in [1.82, 2.24) is 20.1 Å². The third-order valence-corrected chi connectivity index (χ3v) is 2.63. The van der Waals surface area contributed by atoms with Crippen LogP contribution < -0.4 is 5.32 Å². The van der Waals surface area contributed by atoms with E-state index in [0.29, 0.717) is 12.1 Å². The minimum Gasteiger partial charge on any atom is -0.383 e. The van der Waals surface area contributed by atoms with Crippen LogP contribution >= 0.6 is 0 Å². The molecule has 0 bridgehead atoms. The summed E-state index contributed by atoms with van der Waals surface area (Å²) in [7, 11) is 3.68. The van der Waals surface area contributed by atoms with Crippen molar-refractivity contribution in [1.29, 1.82) is 0 Å². The van der Waals surface area contributed by atoms with Gasteiger partial charge in [-0.3, -0.25) is 0 Å². The first kappa shape index (κ1) is 13.1. The fourth-order valence-corrected chi connectivity index (χ4v) is 1.70. The number of hydrogen-bond acceptors (Lipinski definition) is 4. The van der Waals surface area contributed by atoms with Gasteiger partial charge in [0.2, 0.25) is 0 Å². The van der Waals surface area contributed by atoms with Gasteiger partial charge >= 0.3 is 0 Å². The fourth-order valence-electron chi connectivity index (χ4n) is 1.70. The van der Waals surface area contributed by atoms with Crippen molar-refractivity contribution < 1.29 is 4.74 Å². The molecule has 0 aliphatic heterocycles. The normalized spacial score (nSPS) is 13.3. The molecule has 1 aromatic heterocycles. The Hall–Kier alpha value is -0.940. The average Bonchev–Trinajstić information content (AvgIpc) is 2.72. The van der Waals surface area contributed by atoms with Gasteiger partial charge in [0.1, 0.15) is 12.2 Å². The molecule has 5 heteroatoms. The van der Waals surface area contributed by atoms with Crippen LogP contribution in [0.5, 0.6) is 0 Å². The van der Waals surface area contributed by atoms with Crippen LogP contribution in [0.15, 0.2) is 6.33 Å². The van der Waals surface area contributed by atoms with Crippen LogP contribution in [-0.2, 0) is 11.2 Å². The van der Waals surface area contributed by atoms with Gasteiger partial charge in [-0.05, 0) is 27.3 Å². The van der Waals surface area contributed by atoms with Crippen LogP contribution in [-0.4, -0.2) is 41.6 Å². The summed E-state index contributed by atoms with van der Waals surface area (Å²) in [6.07, 6.45) is 3.56. The van der Waals surface area contributed by atoms with E-state index >= 15 is 0 Å².